The van der Waals surface area contributed by atoms with Gasteiger partial charge in [-0.25, -0.2) is 14.4 Å². The molecule has 0 spiro atoms. The number of esters is 3. The maximum absolute atomic E-state index is 13.3. The summed E-state index contributed by atoms with van der Waals surface area (Å²) >= 11 is 0. The molecular weight excluding hydrogens is 420 g/mol. The minimum absolute atomic E-state index is 0.00954. The van der Waals surface area contributed by atoms with Gasteiger partial charge in [-0.3, -0.25) is 0 Å². The normalized spacial score (nSPS) is 20.7. The Morgan fingerprint density at radius 1 is 0.515 bits per heavy atom. The van der Waals surface area contributed by atoms with Gasteiger partial charge in [0.15, 0.2) is 0 Å². The first-order valence-electron chi connectivity index (χ1n) is 12.9. The lowest BCUT2D eigenvalue weighted by Gasteiger charge is -2.25. The largest absolute Gasteiger partial charge is 0.459 e. The molecule has 0 unspecified atom stereocenters. The van der Waals surface area contributed by atoms with E-state index in [1.165, 1.54) is 0 Å². The SMILES string of the molecule is O=C(OC1CCCCC1)c1cccc(C(=O)OC2CCCCC2)c1C(=O)OC1CCCCC1. The molecular formula is C27H36O6. The van der Waals surface area contributed by atoms with Crippen molar-refractivity contribution in [2.24, 2.45) is 0 Å². The molecule has 0 amide bonds. The van der Waals surface area contributed by atoms with Crippen LogP contribution in [0.15, 0.2) is 18.2 Å². The van der Waals surface area contributed by atoms with Crippen LogP contribution in [0.5, 0.6) is 0 Å². The molecule has 3 saturated carbocycles. The van der Waals surface area contributed by atoms with Gasteiger partial charge >= 0.3 is 17.9 Å². The van der Waals surface area contributed by atoms with E-state index in [0.29, 0.717) is 0 Å². The fraction of sp³-hybridized carbons (Fsp3) is 0.667. The lowest BCUT2D eigenvalue weighted by atomic mass is 9.96. The van der Waals surface area contributed by atoms with Crippen molar-refractivity contribution in [1.82, 2.24) is 0 Å². The Kier molecular flexibility index (Phi) is 8.40. The van der Waals surface area contributed by atoms with Crippen LogP contribution in [0, 0.1) is 0 Å². The van der Waals surface area contributed by atoms with Crippen LogP contribution in [-0.2, 0) is 14.2 Å². The average Bonchev–Trinajstić information content (AvgIpc) is 2.85. The number of carbonyl (C=O) groups is 3. The van der Waals surface area contributed by atoms with Crippen molar-refractivity contribution in [3.05, 3.63) is 34.9 Å². The van der Waals surface area contributed by atoms with Crippen LogP contribution in [0.25, 0.3) is 0 Å². The molecule has 0 atom stereocenters. The monoisotopic (exact) mass is 456 g/mol. The second kappa shape index (κ2) is 11.7. The second-order valence-corrected chi connectivity index (χ2v) is 9.72. The molecule has 3 aliphatic rings. The number of benzene rings is 1. The standard InChI is InChI=1S/C27H36O6/c28-25(31-19-11-4-1-5-12-19)22-17-10-18-23(26(29)32-20-13-6-2-7-14-20)24(22)27(30)33-21-15-8-3-9-16-21/h10,17-21H,1-9,11-16H2. The van der Waals surface area contributed by atoms with E-state index in [9.17, 15) is 14.4 Å². The van der Waals surface area contributed by atoms with E-state index in [2.05, 4.69) is 0 Å². The molecule has 3 fully saturated rings. The van der Waals surface area contributed by atoms with Crippen molar-refractivity contribution < 1.29 is 28.6 Å². The van der Waals surface area contributed by atoms with Gasteiger partial charge in [-0.05, 0) is 89.2 Å². The van der Waals surface area contributed by atoms with Crippen LogP contribution < -0.4 is 0 Å². The summed E-state index contributed by atoms with van der Waals surface area (Å²) < 4.78 is 17.3. The van der Waals surface area contributed by atoms with Crippen LogP contribution in [0.2, 0.25) is 0 Å². The minimum Gasteiger partial charge on any atom is -0.459 e. The van der Waals surface area contributed by atoms with Gasteiger partial charge < -0.3 is 14.2 Å². The first kappa shape index (κ1) is 23.8. The summed E-state index contributed by atoms with van der Waals surface area (Å²) in [6, 6.07) is 4.73. The van der Waals surface area contributed by atoms with Crippen LogP contribution in [0.4, 0.5) is 0 Å². The summed E-state index contributed by atoms with van der Waals surface area (Å²) in [7, 11) is 0. The Bertz CT molecular complexity index is 779. The lowest BCUT2D eigenvalue weighted by molar-refractivity contribution is 0.0143. The molecule has 180 valence electrons. The fourth-order valence-corrected chi connectivity index (χ4v) is 5.30. The van der Waals surface area contributed by atoms with Crippen molar-refractivity contribution in [2.45, 2.75) is 115 Å². The Hall–Kier alpha value is -2.37. The van der Waals surface area contributed by atoms with Gasteiger partial charge in [-0.15, -0.1) is 0 Å². The van der Waals surface area contributed by atoms with Gasteiger partial charge in [0.1, 0.15) is 18.3 Å². The summed E-state index contributed by atoms with van der Waals surface area (Å²) in [5.74, 6) is -1.76. The third-order valence-electron chi connectivity index (χ3n) is 7.19. The quantitative estimate of drug-likeness (QED) is 0.377. The predicted molar refractivity (Wildman–Crippen MR) is 123 cm³/mol. The fourth-order valence-electron chi connectivity index (χ4n) is 5.30. The van der Waals surface area contributed by atoms with Crippen molar-refractivity contribution in [3.63, 3.8) is 0 Å². The Balaban J connectivity index is 1.58. The number of hydrogen-bond acceptors (Lipinski definition) is 6. The first-order valence-corrected chi connectivity index (χ1v) is 12.9. The molecule has 0 N–H and O–H groups in total. The molecule has 4 rings (SSSR count). The average molecular weight is 457 g/mol. The number of ether oxygens (including phenoxy) is 3. The van der Waals surface area contributed by atoms with E-state index < -0.39 is 17.9 Å². The van der Waals surface area contributed by atoms with E-state index in [-0.39, 0.29) is 35.0 Å². The second-order valence-electron chi connectivity index (χ2n) is 9.72. The maximum atomic E-state index is 13.3. The van der Waals surface area contributed by atoms with Crippen LogP contribution in [0.3, 0.4) is 0 Å². The summed E-state index contributed by atoms with van der Waals surface area (Å²) in [6.07, 6.45) is 14.0. The van der Waals surface area contributed by atoms with Crippen molar-refractivity contribution in [3.8, 4) is 0 Å². The molecule has 0 radical (unpaired) electrons. The Morgan fingerprint density at radius 2 is 0.848 bits per heavy atom. The highest BCUT2D eigenvalue weighted by molar-refractivity contribution is 6.10. The molecule has 33 heavy (non-hydrogen) atoms. The van der Waals surface area contributed by atoms with Crippen LogP contribution in [0.1, 0.15) is 127 Å². The maximum Gasteiger partial charge on any atom is 0.340 e. The molecule has 0 aromatic heterocycles. The lowest BCUT2D eigenvalue weighted by Crippen LogP contribution is -2.28. The van der Waals surface area contributed by atoms with E-state index >= 15 is 0 Å². The van der Waals surface area contributed by atoms with Gasteiger partial charge in [0.25, 0.3) is 0 Å². The zero-order valence-corrected chi connectivity index (χ0v) is 19.5. The van der Waals surface area contributed by atoms with E-state index in [1.54, 1.807) is 18.2 Å². The zero-order valence-electron chi connectivity index (χ0n) is 19.5. The van der Waals surface area contributed by atoms with Crippen molar-refractivity contribution >= 4 is 17.9 Å². The molecule has 6 heteroatoms. The van der Waals surface area contributed by atoms with E-state index in [4.69, 9.17) is 14.2 Å². The zero-order chi connectivity index (χ0) is 23.0. The molecule has 0 bridgehead atoms. The molecule has 1 aromatic carbocycles. The first-order chi connectivity index (χ1) is 16.1. The third-order valence-corrected chi connectivity index (χ3v) is 7.19. The predicted octanol–water partition coefficient (Wildman–Crippen LogP) is 6.16. The highest BCUT2D eigenvalue weighted by Crippen LogP contribution is 2.28. The van der Waals surface area contributed by atoms with E-state index in [1.807, 2.05) is 0 Å². The van der Waals surface area contributed by atoms with Crippen LogP contribution >= 0.6 is 0 Å². The minimum atomic E-state index is -0.631. The van der Waals surface area contributed by atoms with Gasteiger partial charge in [0, 0.05) is 0 Å². The van der Waals surface area contributed by atoms with Crippen LogP contribution in [-0.4, -0.2) is 36.2 Å². The highest BCUT2D eigenvalue weighted by atomic mass is 16.6. The Morgan fingerprint density at radius 3 is 1.21 bits per heavy atom. The number of rotatable bonds is 6. The summed E-state index contributed by atoms with van der Waals surface area (Å²) in [5, 5.41) is 0. The summed E-state index contributed by atoms with van der Waals surface area (Å²) in [6.45, 7) is 0. The number of carbonyl (C=O) groups excluding carboxylic acids is 3. The summed E-state index contributed by atoms with van der Waals surface area (Å²) in [4.78, 5) is 39.5. The van der Waals surface area contributed by atoms with E-state index in [0.717, 1.165) is 96.3 Å². The molecule has 3 aliphatic carbocycles. The third kappa shape index (κ3) is 6.36. The topological polar surface area (TPSA) is 78.9 Å². The van der Waals surface area contributed by atoms with Gasteiger partial charge in [0.2, 0.25) is 0 Å². The smallest absolute Gasteiger partial charge is 0.340 e. The summed E-state index contributed by atoms with van der Waals surface area (Å²) in [5.41, 5.74) is 0.184. The molecule has 0 saturated heterocycles. The molecule has 0 aliphatic heterocycles. The number of hydrogen-bond donors (Lipinski definition) is 0. The van der Waals surface area contributed by atoms with Crippen molar-refractivity contribution in [2.75, 3.05) is 0 Å². The van der Waals surface area contributed by atoms with Gasteiger partial charge in [0.05, 0.1) is 16.7 Å². The van der Waals surface area contributed by atoms with Crippen molar-refractivity contribution in [1.29, 1.82) is 0 Å². The van der Waals surface area contributed by atoms with Gasteiger partial charge in [-0.2, -0.15) is 0 Å². The highest BCUT2D eigenvalue weighted by Gasteiger charge is 2.31. The van der Waals surface area contributed by atoms with Gasteiger partial charge in [-0.1, -0.05) is 25.3 Å². The molecule has 1 aromatic rings. The Labute approximate surface area is 196 Å². The molecule has 0 heterocycles. The molecule has 6 nitrogen and oxygen atoms in total.